The van der Waals surface area contributed by atoms with E-state index in [9.17, 15) is 79.0 Å². The third kappa shape index (κ3) is 25.8. The predicted octanol–water partition coefficient (Wildman–Crippen LogP) is 22.0. The SMILES string of the molecule is CCCCc1ccc(C)c(C(F)(F)F)c1.CCCc1ccc(C)c(C(F)(F)F)c1.CCOc1ccc(C)c(C(F)(F)F)c1.CCOc1ccc(C)c(C(F)(F)F)c1.CCc1ccc(C)c(C(F)(F)F)c1.Cc1ccc(C)c(C(F)(F)F)c1. The van der Waals surface area contributed by atoms with Crippen molar-refractivity contribution < 1.29 is 88.5 Å². The second-order valence-electron chi connectivity index (χ2n) is 18.8. The zero-order valence-electron chi connectivity index (χ0n) is 47.7. The summed E-state index contributed by atoms with van der Waals surface area (Å²) in [5.41, 5.74) is 1.09. The van der Waals surface area contributed by atoms with Gasteiger partial charge in [-0.2, -0.15) is 79.0 Å². The molecule has 0 aliphatic rings. The monoisotopic (exact) mass is 1190 g/mol. The molecular formula is C62H70F18O2. The van der Waals surface area contributed by atoms with Gasteiger partial charge in [-0.05, 0) is 187 Å². The summed E-state index contributed by atoms with van der Waals surface area (Å²) in [5.74, 6) is 0.510. The lowest BCUT2D eigenvalue weighted by Crippen LogP contribution is -2.08. The van der Waals surface area contributed by atoms with Crippen LogP contribution in [0.3, 0.4) is 0 Å². The molecule has 0 heterocycles. The maximum Gasteiger partial charge on any atom is 0.416 e. The van der Waals surface area contributed by atoms with Crippen molar-refractivity contribution in [3.8, 4) is 11.5 Å². The van der Waals surface area contributed by atoms with Gasteiger partial charge in [-0.3, -0.25) is 0 Å². The molecule has 456 valence electrons. The van der Waals surface area contributed by atoms with Crippen molar-refractivity contribution in [3.63, 3.8) is 0 Å². The van der Waals surface area contributed by atoms with E-state index in [0.717, 1.165) is 60.6 Å². The molecule has 0 aliphatic heterocycles. The van der Waals surface area contributed by atoms with Crippen LogP contribution in [0.4, 0.5) is 79.0 Å². The quantitative estimate of drug-likeness (QED) is 0.127. The zero-order chi connectivity index (χ0) is 63.2. The average Bonchev–Trinajstić information content (AvgIpc) is 3.36. The Kier molecular flexibility index (Phi) is 29.2. The van der Waals surface area contributed by atoms with Crippen LogP contribution < -0.4 is 9.47 Å². The second-order valence-corrected chi connectivity index (χ2v) is 18.8. The number of rotatable bonds is 10. The minimum Gasteiger partial charge on any atom is -0.494 e. The number of hydrogen-bond donors (Lipinski definition) is 0. The Hall–Kier alpha value is -6.34. The first-order chi connectivity index (χ1) is 37.6. The summed E-state index contributed by atoms with van der Waals surface area (Å²) in [5, 5.41) is 0. The third-order valence-corrected chi connectivity index (χ3v) is 11.9. The zero-order valence-corrected chi connectivity index (χ0v) is 47.7. The fraction of sp³-hybridized carbons (Fsp3) is 0.419. The van der Waals surface area contributed by atoms with E-state index < -0.39 is 70.4 Å². The van der Waals surface area contributed by atoms with Crippen LogP contribution in [0.1, 0.15) is 143 Å². The minimum atomic E-state index is -4.31. The summed E-state index contributed by atoms with van der Waals surface area (Å²) < 4.78 is 233. The van der Waals surface area contributed by atoms with Crippen LogP contribution >= 0.6 is 0 Å². The van der Waals surface area contributed by atoms with E-state index >= 15 is 0 Å². The molecule has 0 amide bonds. The molecule has 6 aromatic rings. The number of ether oxygens (including phenoxy) is 2. The van der Waals surface area contributed by atoms with Gasteiger partial charge in [0.2, 0.25) is 0 Å². The fourth-order valence-corrected chi connectivity index (χ4v) is 7.49. The first kappa shape index (κ1) is 73.7. The molecule has 2 nitrogen and oxygen atoms in total. The summed E-state index contributed by atoms with van der Waals surface area (Å²) in [6.45, 7) is 20.4. The van der Waals surface area contributed by atoms with Gasteiger partial charge < -0.3 is 9.47 Å². The lowest BCUT2D eigenvalue weighted by atomic mass is 10.0. The summed E-state index contributed by atoms with van der Waals surface area (Å²) in [6, 6.07) is 25.9. The Balaban J connectivity index is 0.000000493. The van der Waals surface area contributed by atoms with Gasteiger partial charge >= 0.3 is 37.1 Å². The molecule has 6 rings (SSSR count). The Morgan fingerprint density at radius 1 is 0.293 bits per heavy atom. The number of unbranched alkanes of at least 4 members (excludes halogenated alkanes) is 1. The molecular weight excluding hydrogens is 1120 g/mol. The van der Waals surface area contributed by atoms with E-state index in [4.69, 9.17) is 9.47 Å². The number of hydrogen-bond acceptors (Lipinski definition) is 2. The van der Waals surface area contributed by atoms with Crippen molar-refractivity contribution in [1.82, 2.24) is 0 Å². The Morgan fingerprint density at radius 3 is 0.841 bits per heavy atom. The molecule has 0 aromatic heterocycles. The molecule has 6 aromatic carbocycles. The van der Waals surface area contributed by atoms with E-state index in [0.29, 0.717) is 37.2 Å². The van der Waals surface area contributed by atoms with Crippen LogP contribution in [0.5, 0.6) is 11.5 Å². The average molecular weight is 1190 g/mol. The van der Waals surface area contributed by atoms with Crippen LogP contribution in [0.2, 0.25) is 0 Å². The second kappa shape index (κ2) is 32.5. The summed E-state index contributed by atoms with van der Waals surface area (Å²) in [7, 11) is 0. The van der Waals surface area contributed by atoms with Crippen molar-refractivity contribution in [1.29, 1.82) is 0 Å². The minimum absolute atomic E-state index is 0.209. The highest BCUT2D eigenvalue weighted by Crippen LogP contribution is 2.38. The Morgan fingerprint density at radius 2 is 0.561 bits per heavy atom. The predicted molar refractivity (Wildman–Crippen MR) is 286 cm³/mol. The topological polar surface area (TPSA) is 18.5 Å². The Bertz CT molecular complexity index is 2710. The van der Waals surface area contributed by atoms with Crippen molar-refractivity contribution in [2.24, 2.45) is 0 Å². The highest BCUT2D eigenvalue weighted by Gasteiger charge is 2.36. The summed E-state index contributed by atoms with van der Waals surface area (Å²) in [4.78, 5) is 0. The molecule has 0 saturated carbocycles. The van der Waals surface area contributed by atoms with E-state index in [-0.39, 0.29) is 39.3 Å². The standard InChI is InChI=1S/C12H15F3.C11H13F3.2C10H11F3O.C10H11F3.C9H9F3/c1-3-4-5-10-7-6-9(2)11(8-10)12(13,14)15;1-3-4-9-6-5-8(2)10(7-9)11(12,13)14;2*1-3-14-8-5-4-7(2)9(6-8)10(11,12)13;1-3-8-5-4-7(2)9(6-8)10(11,12)13;1-6-3-4-7(2)8(5-6)9(10,11)12/h6-8H,3-5H2,1-2H3;5-7H,3-4H2,1-2H3;2*4-6H,3H2,1-2H3;4-6H,3H2,1-2H3;3-5H,1-2H3. The van der Waals surface area contributed by atoms with Gasteiger partial charge in [-0.1, -0.05) is 99.8 Å². The van der Waals surface area contributed by atoms with E-state index in [1.807, 2.05) is 20.8 Å². The molecule has 20 heteroatoms. The van der Waals surface area contributed by atoms with Crippen LogP contribution in [0.25, 0.3) is 0 Å². The van der Waals surface area contributed by atoms with Crippen LogP contribution in [-0.4, -0.2) is 13.2 Å². The number of alkyl halides is 18. The lowest BCUT2D eigenvalue weighted by molar-refractivity contribution is -0.139. The molecule has 82 heavy (non-hydrogen) atoms. The van der Waals surface area contributed by atoms with Crippen molar-refractivity contribution in [3.05, 3.63) is 198 Å². The molecule has 0 radical (unpaired) electrons. The molecule has 0 atom stereocenters. The molecule has 0 fully saturated rings. The number of aryl methyl sites for hydroxylation is 10. The molecule has 0 aliphatic carbocycles. The maximum atomic E-state index is 12.6. The third-order valence-electron chi connectivity index (χ3n) is 11.9. The smallest absolute Gasteiger partial charge is 0.416 e. The van der Waals surface area contributed by atoms with E-state index in [1.165, 1.54) is 102 Å². The number of benzene rings is 6. The van der Waals surface area contributed by atoms with Gasteiger partial charge in [0.25, 0.3) is 0 Å². The molecule has 0 saturated heterocycles. The van der Waals surface area contributed by atoms with E-state index in [2.05, 4.69) is 0 Å². The number of halogens is 18. The molecule has 0 bridgehead atoms. The van der Waals surface area contributed by atoms with Crippen molar-refractivity contribution in [2.45, 2.75) is 159 Å². The fourth-order valence-electron chi connectivity index (χ4n) is 7.49. The van der Waals surface area contributed by atoms with Crippen LogP contribution in [-0.2, 0) is 56.3 Å². The summed E-state index contributed by atoms with van der Waals surface area (Å²) >= 11 is 0. The van der Waals surface area contributed by atoms with Gasteiger partial charge in [-0.25, -0.2) is 0 Å². The summed E-state index contributed by atoms with van der Waals surface area (Å²) in [6.07, 6.45) is -20.7. The van der Waals surface area contributed by atoms with Gasteiger partial charge in [0.15, 0.2) is 0 Å². The van der Waals surface area contributed by atoms with E-state index in [1.54, 1.807) is 51.1 Å². The largest absolute Gasteiger partial charge is 0.494 e. The first-order valence-electron chi connectivity index (χ1n) is 25.9. The first-order valence-corrected chi connectivity index (χ1v) is 25.9. The van der Waals surface area contributed by atoms with Gasteiger partial charge in [0.1, 0.15) is 11.5 Å². The van der Waals surface area contributed by atoms with Crippen LogP contribution in [0.15, 0.2) is 109 Å². The van der Waals surface area contributed by atoms with Gasteiger partial charge in [-0.15, -0.1) is 0 Å². The van der Waals surface area contributed by atoms with Gasteiger partial charge in [0.05, 0.1) is 46.6 Å². The van der Waals surface area contributed by atoms with Gasteiger partial charge in [0, 0.05) is 0 Å². The lowest BCUT2D eigenvalue weighted by Gasteiger charge is -2.11. The van der Waals surface area contributed by atoms with Crippen LogP contribution in [0, 0.1) is 48.5 Å². The molecule has 0 unspecified atom stereocenters. The molecule has 0 N–H and O–H groups in total. The van der Waals surface area contributed by atoms with Crippen molar-refractivity contribution in [2.75, 3.05) is 13.2 Å². The maximum absolute atomic E-state index is 12.6. The Labute approximate surface area is 468 Å². The normalized spacial score (nSPS) is 11.7. The highest BCUT2D eigenvalue weighted by molar-refractivity contribution is 5.39. The highest BCUT2D eigenvalue weighted by atomic mass is 19.4. The molecule has 0 spiro atoms. The van der Waals surface area contributed by atoms with Crippen molar-refractivity contribution >= 4 is 0 Å².